The molecule has 0 radical (unpaired) electrons. The van der Waals surface area contributed by atoms with E-state index in [0.29, 0.717) is 11.8 Å². The van der Waals surface area contributed by atoms with Crippen molar-refractivity contribution in [2.75, 3.05) is 0 Å². The summed E-state index contributed by atoms with van der Waals surface area (Å²) in [7, 11) is 0. The molecule has 0 saturated carbocycles. The first-order chi connectivity index (χ1) is 10.8. The van der Waals surface area contributed by atoms with E-state index in [1.54, 1.807) is 12.1 Å². The lowest BCUT2D eigenvalue weighted by atomic mass is 9.81. The van der Waals surface area contributed by atoms with Crippen molar-refractivity contribution in [2.45, 2.75) is 26.2 Å². The van der Waals surface area contributed by atoms with Gasteiger partial charge in [0.15, 0.2) is 12.1 Å². The predicted molar refractivity (Wildman–Crippen MR) is 87.1 cm³/mol. The second-order valence-corrected chi connectivity index (χ2v) is 6.24. The quantitative estimate of drug-likeness (QED) is 0.371. The lowest BCUT2D eigenvalue weighted by Gasteiger charge is -2.22. The minimum absolute atomic E-state index is 0.0729. The monoisotopic (exact) mass is 311 g/mol. The minimum Gasteiger partial charge on any atom is -0.298 e. The van der Waals surface area contributed by atoms with Gasteiger partial charge in [-0.3, -0.25) is 19.7 Å². The Kier molecular flexibility index (Phi) is 4.40. The third-order valence-electron chi connectivity index (χ3n) is 3.60. The number of benzene rings is 2. The standard InChI is InChI=1S/C18H17NO4/c1-18(2,3)15-10-5-4-8-13(15)17(21)14-9-6-7-12(11-20)16(14)19(22)23/h4-11H,1-3H3. The number of carbonyl (C=O) groups excluding carboxylic acids is 2. The maximum Gasteiger partial charge on any atom is 0.291 e. The first-order valence-electron chi connectivity index (χ1n) is 7.14. The minimum atomic E-state index is -0.684. The normalized spacial score (nSPS) is 11.1. The van der Waals surface area contributed by atoms with Crippen LogP contribution in [0.25, 0.3) is 0 Å². The van der Waals surface area contributed by atoms with E-state index >= 15 is 0 Å². The fraction of sp³-hybridized carbons (Fsp3) is 0.222. The molecule has 0 aliphatic rings. The zero-order chi connectivity index (χ0) is 17.2. The van der Waals surface area contributed by atoms with Crippen molar-refractivity contribution in [3.63, 3.8) is 0 Å². The van der Waals surface area contributed by atoms with Crippen LogP contribution in [0.4, 0.5) is 5.69 Å². The molecular formula is C18H17NO4. The Balaban J connectivity index is 2.69. The highest BCUT2D eigenvalue weighted by molar-refractivity contribution is 6.13. The summed E-state index contributed by atoms with van der Waals surface area (Å²) in [6, 6.07) is 11.2. The third kappa shape index (κ3) is 3.18. The summed E-state index contributed by atoms with van der Waals surface area (Å²) in [6.07, 6.45) is 0.393. The zero-order valence-corrected chi connectivity index (χ0v) is 13.2. The molecule has 118 valence electrons. The summed E-state index contributed by atoms with van der Waals surface area (Å²) < 4.78 is 0. The second-order valence-electron chi connectivity index (χ2n) is 6.24. The number of rotatable bonds is 4. The van der Waals surface area contributed by atoms with Crippen LogP contribution in [0.5, 0.6) is 0 Å². The number of nitro groups is 1. The number of nitrogens with zero attached hydrogens (tertiary/aromatic N) is 1. The molecule has 0 aromatic heterocycles. The van der Waals surface area contributed by atoms with Crippen LogP contribution in [0.1, 0.15) is 52.6 Å². The molecular weight excluding hydrogens is 294 g/mol. The Morgan fingerprint density at radius 3 is 2.22 bits per heavy atom. The summed E-state index contributed by atoms with van der Waals surface area (Å²) >= 11 is 0. The van der Waals surface area contributed by atoms with Crippen molar-refractivity contribution in [3.05, 3.63) is 74.8 Å². The molecule has 5 heteroatoms. The highest BCUT2D eigenvalue weighted by Crippen LogP contribution is 2.30. The summed E-state index contributed by atoms with van der Waals surface area (Å²) in [5.41, 5.74) is 0.298. The fourth-order valence-electron chi connectivity index (χ4n) is 2.52. The Morgan fingerprint density at radius 2 is 1.65 bits per heavy atom. The molecule has 0 atom stereocenters. The predicted octanol–water partition coefficient (Wildman–Crippen LogP) is 3.94. The smallest absolute Gasteiger partial charge is 0.291 e. The van der Waals surface area contributed by atoms with E-state index in [1.165, 1.54) is 18.2 Å². The van der Waals surface area contributed by atoms with Gasteiger partial charge in [0.1, 0.15) is 5.56 Å². The van der Waals surface area contributed by atoms with Gasteiger partial charge < -0.3 is 0 Å². The molecule has 2 aromatic rings. The van der Waals surface area contributed by atoms with Gasteiger partial charge in [0.2, 0.25) is 0 Å². The van der Waals surface area contributed by atoms with E-state index in [1.807, 2.05) is 32.9 Å². The molecule has 5 nitrogen and oxygen atoms in total. The van der Waals surface area contributed by atoms with E-state index < -0.39 is 16.4 Å². The molecule has 0 bridgehead atoms. The first kappa shape index (κ1) is 16.5. The Bertz CT molecular complexity index is 788. The van der Waals surface area contributed by atoms with E-state index in [2.05, 4.69) is 0 Å². The summed E-state index contributed by atoms with van der Waals surface area (Å²) in [4.78, 5) is 34.6. The van der Waals surface area contributed by atoms with Crippen LogP contribution in [0.15, 0.2) is 42.5 Å². The van der Waals surface area contributed by atoms with E-state index in [4.69, 9.17) is 0 Å². The van der Waals surface area contributed by atoms with E-state index in [9.17, 15) is 19.7 Å². The second kappa shape index (κ2) is 6.12. The van der Waals surface area contributed by atoms with Crippen LogP contribution >= 0.6 is 0 Å². The van der Waals surface area contributed by atoms with Gasteiger partial charge in [0, 0.05) is 5.56 Å². The van der Waals surface area contributed by atoms with Crippen LogP contribution in [-0.2, 0) is 5.41 Å². The molecule has 0 saturated heterocycles. The fourth-order valence-corrected chi connectivity index (χ4v) is 2.52. The van der Waals surface area contributed by atoms with Crippen LogP contribution in [0.3, 0.4) is 0 Å². The van der Waals surface area contributed by atoms with Crippen LogP contribution in [0, 0.1) is 10.1 Å². The molecule has 0 aliphatic heterocycles. The zero-order valence-electron chi connectivity index (χ0n) is 13.2. The number of nitro benzene ring substituents is 1. The topological polar surface area (TPSA) is 77.3 Å². The van der Waals surface area contributed by atoms with Gasteiger partial charge in [0.05, 0.1) is 10.5 Å². The van der Waals surface area contributed by atoms with Gasteiger partial charge in [-0.15, -0.1) is 0 Å². The lowest BCUT2D eigenvalue weighted by Crippen LogP contribution is -2.18. The van der Waals surface area contributed by atoms with Crippen molar-refractivity contribution in [2.24, 2.45) is 0 Å². The van der Waals surface area contributed by atoms with Crippen LogP contribution < -0.4 is 0 Å². The molecule has 0 fully saturated rings. The molecule has 23 heavy (non-hydrogen) atoms. The average Bonchev–Trinajstić information content (AvgIpc) is 2.52. The number of para-hydroxylation sites is 1. The Morgan fingerprint density at radius 1 is 1.04 bits per heavy atom. The van der Waals surface area contributed by atoms with Gasteiger partial charge in [-0.1, -0.05) is 51.1 Å². The molecule has 0 spiro atoms. The highest BCUT2D eigenvalue weighted by Gasteiger charge is 2.28. The van der Waals surface area contributed by atoms with Crippen molar-refractivity contribution in [1.82, 2.24) is 0 Å². The number of hydrogen-bond donors (Lipinski definition) is 0. The Labute approximate surface area is 134 Å². The van der Waals surface area contributed by atoms with Crippen LogP contribution in [0.2, 0.25) is 0 Å². The van der Waals surface area contributed by atoms with Crippen LogP contribution in [-0.4, -0.2) is 17.0 Å². The molecule has 2 rings (SSSR count). The third-order valence-corrected chi connectivity index (χ3v) is 3.60. The number of ketones is 1. The van der Waals surface area contributed by atoms with Crippen molar-refractivity contribution in [3.8, 4) is 0 Å². The summed E-state index contributed by atoms with van der Waals surface area (Å²) in [6.45, 7) is 5.90. The highest BCUT2D eigenvalue weighted by atomic mass is 16.6. The maximum absolute atomic E-state index is 12.9. The average molecular weight is 311 g/mol. The first-order valence-corrected chi connectivity index (χ1v) is 7.14. The SMILES string of the molecule is CC(C)(C)c1ccccc1C(=O)c1cccc(C=O)c1[N+](=O)[O-]. The summed E-state index contributed by atoms with van der Waals surface area (Å²) in [5.74, 6) is -0.453. The lowest BCUT2D eigenvalue weighted by molar-refractivity contribution is -0.385. The number of aldehydes is 1. The van der Waals surface area contributed by atoms with E-state index in [-0.39, 0.29) is 16.5 Å². The van der Waals surface area contributed by atoms with Crippen molar-refractivity contribution in [1.29, 1.82) is 0 Å². The molecule has 2 aromatic carbocycles. The largest absolute Gasteiger partial charge is 0.298 e. The summed E-state index contributed by atoms with van der Waals surface area (Å²) in [5, 5.41) is 11.3. The molecule has 0 unspecified atom stereocenters. The van der Waals surface area contributed by atoms with Gasteiger partial charge >= 0.3 is 0 Å². The Hall–Kier alpha value is -2.82. The molecule has 0 heterocycles. The van der Waals surface area contributed by atoms with Crippen molar-refractivity contribution < 1.29 is 14.5 Å². The van der Waals surface area contributed by atoms with E-state index in [0.717, 1.165) is 5.56 Å². The number of hydrogen-bond acceptors (Lipinski definition) is 4. The molecule has 0 amide bonds. The molecule has 0 aliphatic carbocycles. The number of carbonyl (C=O) groups is 2. The van der Waals surface area contributed by atoms with Gasteiger partial charge in [-0.05, 0) is 23.1 Å². The van der Waals surface area contributed by atoms with Gasteiger partial charge in [-0.25, -0.2) is 0 Å². The van der Waals surface area contributed by atoms with Gasteiger partial charge in [0.25, 0.3) is 5.69 Å². The molecule has 0 N–H and O–H groups in total. The maximum atomic E-state index is 12.9. The van der Waals surface area contributed by atoms with Gasteiger partial charge in [-0.2, -0.15) is 0 Å². The van der Waals surface area contributed by atoms with Crippen molar-refractivity contribution >= 4 is 17.8 Å².